The molecule has 0 spiro atoms. The molecule has 1 aromatic rings. The van der Waals surface area contributed by atoms with Crippen LogP contribution in [0.2, 0.25) is 0 Å². The van der Waals surface area contributed by atoms with Gasteiger partial charge in [-0.25, -0.2) is 4.79 Å². The fourth-order valence-electron chi connectivity index (χ4n) is 1.88. The normalized spacial score (nSPS) is 15.7. The molecule has 6 heteroatoms. The first-order valence-corrected chi connectivity index (χ1v) is 5.61. The van der Waals surface area contributed by atoms with Crippen LogP contribution in [0, 0.1) is 0 Å². The number of anilines is 1. The van der Waals surface area contributed by atoms with Crippen LogP contribution in [-0.2, 0) is 9.59 Å². The number of hydrogen-bond donors (Lipinski definition) is 1. The second-order valence-corrected chi connectivity index (χ2v) is 3.94. The van der Waals surface area contributed by atoms with E-state index in [4.69, 9.17) is 5.73 Å². The lowest BCUT2D eigenvalue weighted by atomic mass is 10.1. The Labute approximate surface area is 104 Å². The Morgan fingerprint density at radius 1 is 1.11 bits per heavy atom. The number of benzene rings is 1. The molecule has 0 saturated carbocycles. The standard InChI is InChI=1S/C12H13N3O3/c13-12(18)14(9-5-2-1-3-6-9)15-10(16)7-4-8-11(15)17/h1-3,5-6H,4,7-8H2,(H2,13,18). The second kappa shape index (κ2) is 4.87. The summed E-state index contributed by atoms with van der Waals surface area (Å²) in [6, 6.07) is 7.53. The summed E-state index contributed by atoms with van der Waals surface area (Å²) in [5.74, 6) is -0.817. The monoisotopic (exact) mass is 247 g/mol. The van der Waals surface area contributed by atoms with Gasteiger partial charge in [0.25, 0.3) is 0 Å². The molecule has 1 aromatic carbocycles. The minimum Gasteiger partial charge on any atom is -0.350 e. The maximum Gasteiger partial charge on any atom is 0.338 e. The van der Waals surface area contributed by atoms with Crippen molar-refractivity contribution in [2.45, 2.75) is 19.3 Å². The molecule has 6 nitrogen and oxygen atoms in total. The van der Waals surface area contributed by atoms with Gasteiger partial charge in [-0.15, -0.1) is 0 Å². The highest BCUT2D eigenvalue weighted by molar-refractivity contribution is 6.05. The molecule has 1 heterocycles. The van der Waals surface area contributed by atoms with Gasteiger partial charge in [0.1, 0.15) is 0 Å². The predicted molar refractivity (Wildman–Crippen MR) is 64.2 cm³/mol. The molecule has 1 aliphatic heterocycles. The zero-order chi connectivity index (χ0) is 13.1. The minimum atomic E-state index is -0.857. The molecular weight excluding hydrogens is 234 g/mol. The van der Waals surface area contributed by atoms with Crippen molar-refractivity contribution in [3.63, 3.8) is 0 Å². The number of imide groups is 1. The third-order valence-corrected chi connectivity index (χ3v) is 2.66. The summed E-state index contributed by atoms with van der Waals surface area (Å²) in [5, 5.41) is 1.75. The van der Waals surface area contributed by atoms with Crippen LogP contribution in [0.5, 0.6) is 0 Å². The van der Waals surface area contributed by atoms with Crippen LogP contribution in [-0.4, -0.2) is 22.9 Å². The lowest BCUT2D eigenvalue weighted by Crippen LogP contribution is -2.56. The molecule has 4 amide bonds. The molecule has 0 aromatic heterocycles. The van der Waals surface area contributed by atoms with Gasteiger partial charge in [0, 0.05) is 12.8 Å². The molecule has 1 aliphatic rings. The van der Waals surface area contributed by atoms with E-state index >= 15 is 0 Å². The average Bonchev–Trinajstić information content (AvgIpc) is 2.34. The third kappa shape index (κ3) is 2.17. The highest BCUT2D eigenvalue weighted by atomic mass is 16.2. The quantitative estimate of drug-likeness (QED) is 0.792. The Morgan fingerprint density at radius 3 is 2.17 bits per heavy atom. The average molecular weight is 247 g/mol. The summed E-state index contributed by atoms with van der Waals surface area (Å²) in [6.45, 7) is 0. The number of urea groups is 1. The van der Waals surface area contributed by atoms with E-state index in [0.717, 1.165) is 10.0 Å². The molecule has 2 rings (SSSR count). The van der Waals surface area contributed by atoms with Gasteiger partial charge in [-0.3, -0.25) is 9.59 Å². The number of carbonyl (C=O) groups excluding carboxylic acids is 3. The number of amides is 4. The van der Waals surface area contributed by atoms with E-state index in [1.807, 2.05) is 0 Å². The Morgan fingerprint density at radius 2 is 1.67 bits per heavy atom. The molecule has 0 unspecified atom stereocenters. The van der Waals surface area contributed by atoms with Crippen molar-refractivity contribution in [2.75, 3.05) is 5.01 Å². The van der Waals surface area contributed by atoms with Crippen molar-refractivity contribution in [1.82, 2.24) is 5.01 Å². The van der Waals surface area contributed by atoms with Gasteiger partial charge < -0.3 is 5.73 Å². The van der Waals surface area contributed by atoms with Crippen LogP contribution in [0.4, 0.5) is 10.5 Å². The van der Waals surface area contributed by atoms with Crippen molar-refractivity contribution in [3.05, 3.63) is 30.3 Å². The number of primary amides is 1. The van der Waals surface area contributed by atoms with Crippen LogP contribution in [0.15, 0.2) is 30.3 Å². The van der Waals surface area contributed by atoms with Gasteiger partial charge in [0.15, 0.2) is 0 Å². The SMILES string of the molecule is NC(=O)N(c1ccccc1)N1C(=O)CCCC1=O. The van der Waals surface area contributed by atoms with Crippen molar-refractivity contribution in [3.8, 4) is 0 Å². The molecule has 94 valence electrons. The largest absolute Gasteiger partial charge is 0.350 e. The number of hydrogen-bond acceptors (Lipinski definition) is 3. The number of nitrogens with zero attached hydrogens (tertiary/aromatic N) is 2. The van der Waals surface area contributed by atoms with Crippen LogP contribution >= 0.6 is 0 Å². The molecule has 0 radical (unpaired) electrons. The number of para-hydroxylation sites is 1. The smallest absolute Gasteiger partial charge is 0.338 e. The van der Waals surface area contributed by atoms with Crippen LogP contribution in [0.1, 0.15) is 19.3 Å². The summed E-state index contributed by atoms with van der Waals surface area (Å²) in [4.78, 5) is 35.1. The first-order chi connectivity index (χ1) is 8.61. The summed E-state index contributed by atoms with van der Waals surface area (Å²) >= 11 is 0. The van der Waals surface area contributed by atoms with E-state index in [2.05, 4.69) is 0 Å². The van der Waals surface area contributed by atoms with E-state index in [9.17, 15) is 14.4 Å². The van der Waals surface area contributed by atoms with Gasteiger partial charge in [0.2, 0.25) is 11.8 Å². The van der Waals surface area contributed by atoms with E-state index in [1.54, 1.807) is 30.3 Å². The molecule has 0 aliphatic carbocycles. The fraction of sp³-hybridized carbons (Fsp3) is 0.250. The van der Waals surface area contributed by atoms with E-state index in [-0.39, 0.29) is 12.8 Å². The Hall–Kier alpha value is -2.37. The van der Waals surface area contributed by atoms with Gasteiger partial charge in [-0.05, 0) is 18.6 Å². The molecule has 0 bridgehead atoms. The van der Waals surface area contributed by atoms with Crippen molar-refractivity contribution in [1.29, 1.82) is 0 Å². The lowest BCUT2D eigenvalue weighted by Gasteiger charge is -2.33. The van der Waals surface area contributed by atoms with Crippen molar-refractivity contribution >= 4 is 23.5 Å². The number of piperidine rings is 1. The van der Waals surface area contributed by atoms with Crippen LogP contribution in [0.3, 0.4) is 0 Å². The van der Waals surface area contributed by atoms with Crippen molar-refractivity contribution in [2.24, 2.45) is 5.73 Å². The number of rotatable bonds is 2. The fourth-order valence-corrected chi connectivity index (χ4v) is 1.88. The highest BCUT2D eigenvalue weighted by Gasteiger charge is 2.34. The van der Waals surface area contributed by atoms with E-state index in [0.29, 0.717) is 12.1 Å². The third-order valence-electron chi connectivity index (χ3n) is 2.66. The molecule has 2 N–H and O–H groups in total. The topological polar surface area (TPSA) is 83.7 Å². The summed E-state index contributed by atoms with van der Waals surface area (Å²) in [7, 11) is 0. The summed E-state index contributed by atoms with van der Waals surface area (Å²) < 4.78 is 0. The Kier molecular flexibility index (Phi) is 3.27. The molecule has 1 fully saturated rings. The molecule has 18 heavy (non-hydrogen) atoms. The zero-order valence-electron chi connectivity index (χ0n) is 9.70. The van der Waals surface area contributed by atoms with Crippen molar-refractivity contribution < 1.29 is 14.4 Å². The van der Waals surface area contributed by atoms with E-state index < -0.39 is 17.8 Å². The van der Waals surface area contributed by atoms with Gasteiger partial charge in [-0.2, -0.15) is 10.0 Å². The first kappa shape index (κ1) is 12.1. The van der Waals surface area contributed by atoms with E-state index in [1.165, 1.54) is 0 Å². The number of hydrazine groups is 1. The summed E-state index contributed by atoms with van der Waals surface area (Å²) in [6.07, 6.45) is 0.986. The number of nitrogens with two attached hydrogens (primary N) is 1. The molecule has 0 atom stereocenters. The summed E-state index contributed by atoms with van der Waals surface area (Å²) in [5.41, 5.74) is 5.66. The molecule has 1 saturated heterocycles. The predicted octanol–water partition coefficient (Wildman–Crippen LogP) is 1.03. The molecular formula is C12H13N3O3. The highest BCUT2D eigenvalue weighted by Crippen LogP contribution is 2.21. The zero-order valence-corrected chi connectivity index (χ0v) is 9.70. The maximum atomic E-state index is 11.8. The Balaban J connectivity index is 2.39. The van der Waals surface area contributed by atoms with Crippen LogP contribution < -0.4 is 10.7 Å². The minimum absolute atomic E-state index is 0.238. The Bertz CT molecular complexity index is 471. The maximum absolute atomic E-state index is 11.8. The lowest BCUT2D eigenvalue weighted by molar-refractivity contribution is -0.148. The first-order valence-electron chi connectivity index (χ1n) is 5.61. The van der Waals surface area contributed by atoms with Gasteiger partial charge in [-0.1, -0.05) is 18.2 Å². The van der Waals surface area contributed by atoms with Gasteiger partial charge in [0.05, 0.1) is 5.69 Å². The van der Waals surface area contributed by atoms with Crippen LogP contribution in [0.25, 0.3) is 0 Å². The second-order valence-electron chi connectivity index (χ2n) is 3.94. The van der Waals surface area contributed by atoms with Gasteiger partial charge >= 0.3 is 6.03 Å². The number of carbonyl (C=O) groups is 3.